The number of nitrogens with zero attached hydrogens (tertiary/aromatic N) is 1. The van der Waals surface area contributed by atoms with Crippen LogP contribution in [-0.2, 0) is 11.2 Å². The average molecular weight is 277 g/mol. The second-order valence-electron chi connectivity index (χ2n) is 3.92. The number of carboxylic acids is 1. The highest BCUT2D eigenvalue weighted by Gasteiger charge is 2.21. The largest absolute Gasteiger partial charge is 0.480 e. The molecule has 1 heterocycles. The van der Waals surface area contributed by atoms with Gasteiger partial charge in [-0.15, -0.1) is 0 Å². The molecule has 0 aliphatic carbocycles. The van der Waals surface area contributed by atoms with E-state index in [4.69, 9.17) is 0 Å². The molecule has 1 aromatic carbocycles. The molecule has 0 aliphatic heterocycles. The Morgan fingerprint density at radius 1 is 1.26 bits per heavy atom. The second kappa shape index (κ2) is 6.33. The molecule has 98 valence electrons. The molecule has 0 amide bonds. The fraction of sp³-hybridized carbons (Fsp3) is 0.143. The molecule has 2 rings (SSSR count). The van der Waals surface area contributed by atoms with Gasteiger partial charge in [-0.25, -0.2) is 9.37 Å². The maximum absolute atomic E-state index is 13.5. The number of aliphatic carboxylic acids is 1. The Kier molecular flexibility index (Phi) is 4.52. The molecule has 1 atom stereocenters. The summed E-state index contributed by atoms with van der Waals surface area (Å²) >= 11 is 0.933. The molecule has 0 saturated heterocycles. The van der Waals surface area contributed by atoms with E-state index in [2.05, 4.69) is 4.98 Å². The summed E-state index contributed by atoms with van der Waals surface area (Å²) < 4.78 is 13.5. The first-order valence-electron chi connectivity index (χ1n) is 5.70. The van der Waals surface area contributed by atoms with Gasteiger partial charge < -0.3 is 5.11 Å². The summed E-state index contributed by atoms with van der Waals surface area (Å²) in [5.74, 6) is -1.47. The van der Waals surface area contributed by atoms with Crippen LogP contribution >= 0.6 is 11.8 Å². The summed E-state index contributed by atoms with van der Waals surface area (Å²) in [5.41, 5.74) is 0.902. The highest BCUT2D eigenvalue weighted by atomic mass is 32.2. The third kappa shape index (κ3) is 3.79. The number of benzene rings is 1. The number of rotatable bonds is 5. The van der Waals surface area contributed by atoms with E-state index in [-0.39, 0.29) is 5.03 Å². The minimum atomic E-state index is -0.973. The zero-order valence-electron chi connectivity index (χ0n) is 9.99. The summed E-state index contributed by atoms with van der Waals surface area (Å²) in [4.78, 5) is 15.1. The lowest BCUT2D eigenvalue weighted by atomic mass is 10.1. The minimum absolute atomic E-state index is 0.117. The van der Waals surface area contributed by atoms with E-state index in [1.807, 2.05) is 30.3 Å². The molecule has 0 spiro atoms. The molecule has 0 radical (unpaired) electrons. The smallest absolute Gasteiger partial charge is 0.317 e. The first-order valence-corrected chi connectivity index (χ1v) is 6.58. The van der Waals surface area contributed by atoms with Gasteiger partial charge in [0.05, 0.1) is 0 Å². The van der Waals surface area contributed by atoms with Crippen molar-refractivity contribution in [1.82, 2.24) is 4.98 Å². The molecule has 1 aromatic heterocycles. The number of hydrogen-bond donors (Lipinski definition) is 1. The van der Waals surface area contributed by atoms with E-state index in [0.717, 1.165) is 17.3 Å². The Morgan fingerprint density at radius 2 is 2.00 bits per heavy atom. The normalized spacial score (nSPS) is 12.1. The fourth-order valence-corrected chi connectivity index (χ4v) is 2.55. The van der Waals surface area contributed by atoms with Crippen molar-refractivity contribution >= 4 is 17.7 Å². The van der Waals surface area contributed by atoms with Crippen molar-refractivity contribution in [2.75, 3.05) is 0 Å². The van der Waals surface area contributed by atoms with E-state index < -0.39 is 17.0 Å². The molecular formula is C14H12FNO2S. The molecule has 5 heteroatoms. The number of halogens is 1. The van der Waals surface area contributed by atoms with Crippen LogP contribution < -0.4 is 0 Å². The first kappa shape index (κ1) is 13.5. The predicted octanol–water partition coefficient (Wildman–Crippen LogP) is 3.01. The van der Waals surface area contributed by atoms with Gasteiger partial charge in [0.15, 0.2) is 5.82 Å². The van der Waals surface area contributed by atoms with Gasteiger partial charge in [-0.1, -0.05) is 42.1 Å². The van der Waals surface area contributed by atoms with Crippen LogP contribution in [0, 0.1) is 5.82 Å². The molecule has 0 saturated carbocycles. The summed E-state index contributed by atoms with van der Waals surface area (Å²) in [7, 11) is 0. The highest BCUT2D eigenvalue weighted by Crippen LogP contribution is 2.26. The zero-order valence-corrected chi connectivity index (χ0v) is 10.8. The number of thioether (sulfide) groups is 1. The van der Waals surface area contributed by atoms with Gasteiger partial charge in [0, 0.05) is 6.20 Å². The molecule has 3 nitrogen and oxygen atoms in total. The highest BCUT2D eigenvalue weighted by molar-refractivity contribution is 8.00. The average Bonchev–Trinajstić information content (AvgIpc) is 2.41. The minimum Gasteiger partial charge on any atom is -0.480 e. The molecule has 1 unspecified atom stereocenters. The van der Waals surface area contributed by atoms with Crippen molar-refractivity contribution in [1.29, 1.82) is 0 Å². The van der Waals surface area contributed by atoms with E-state index >= 15 is 0 Å². The van der Waals surface area contributed by atoms with E-state index in [1.54, 1.807) is 0 Å². The Balaban J connectivity index is 2.13. The lowest BCUT2D eigenvalue weighted by Gasteiger charge is -2.11. The SMILES string of the molecule is O=C(O)C(Cc1ccccc1)Sc1ncccc1F. The number of hydrogen-bond acceptors (Lipinski definition) is 3. The van der Waals surface area contributed by atoms with Crippen molar-refractivity contribution in [3.05, 3.63) is 60.0 Å². The lowest BCUT2D eigenvalue weighted by Crippen LogP contribution is -2.19. The molecule has 2 aromatic rings. The lowest BCUT2D eigenvalue weighted by molar-refractivity contribution is -0.136. The van der Waals surface area contributed by atoms with Gasteiger partial charge in [0.2, 0.25) is 0 Å². The number of carboxylic acid groups (broad SMARTS) is 1. The Morgan fingerprint density at radius 3 is 2.63 bits per heavy atom. The van der Waals surface area contributed by atoms with Crippen LogP contribution in [-0.4, -0.2) is 21.3 Å². The molecule has 0 fully saturated rings. The van der Waals surface area contributed by atoms with Gasteiger partial charge in [-0.2, -0.15) is 0 Å². The van der Waals surface area contributed by atoms with Crippen LogP contribution in [0.25, 0.3) is 0 Å². The number of carbonyl (C=O) groups is 1. The molecule has 19 heavy (non-hydrogen) atoms. The van der Waals surface area contributed by atoms with E-state index in [1.165, 1.54) is 18.3 Å². The first-order chi connectivity index (χ1) is 9.16. The quantitative estimate of drug-likeness (QED) is 0.854. The maximum Gasteiger partial charge on any atom is 0.317 e. The maximum atomic E-state index is 13.5. The number of pyridine rings is 1. The predicted molar refractivity (Wildman–Crippen MR) is 71.6 cm³/mol. The molecule has 0 aliphatic rings. The van der Waals surface area contributed by atoms with Crippen molar-refractivity contribution in [2.24, 2.45) is 0 Å². The van der Waals surface area contributed by atoms with Gasteiger partial charge in [-0.05, 0) is 24.1 Å². The van der Waals surface area contributed by atoms with Crippen LogP contribution in [0.4, 0.5) is 4.39 Å². The van der Waals surface area contributed by atoms with Crippen molar-refractivity contribution in [3.8, 4) is 0 Å². The van der Waals surface area contributed by atoms with Crippen LogP contribution in [0.1, 0.15) is 5.56 Å². The number of aromatic nitrogens is 1. The Bertz CT molecular complexity index is 562. The van der Waals surface area contributed by atoms with Crippen molar-refractivity contribution in [3.63, 3.8) is 0 Å². The summed E-state index contributed by atoms with van der Waals surface area (Å²) in [5, 5.41) is 8.57. The summed E-state index contributed by atoms with van der Waals surface area (Å²) in [6.07, 6.45) is 1.78. The van der Waals surface area contributed by atoms with Crippen LogP contribution in [0.3, 0.4) is 0 Å². The zero-order chi connectivity index (χ0) is 13.7. The van der Waals surface area contributed by atoms with Crippen LogP contribution in [0.5, 0.6) is 0 Å². The standard InChI is InChI=1S/C14H12FNO2S/c15-11-7-4-8-16-13(11)19-12(14(17)18)9-10-5-2-1-3-6-10/h1-8,12H,9H2,(H,17,18). The van der Waals surface area contributed by atoms with Gasteiger partial charge in [-0.3, -0.25) is 4.79 Å². The monoisotopic (exact) mass is 277 g/mol. The topological polar surface area (TPSA) is 50.2 Å². The molecule has 1 N–H and O–H groups in total. The Hall–Kier alpha value is -1.88. The van der Waals surface area contributed by atoms with Crippen LogP contribution in [0.2, 0.25) is 0 Å². The van der Waals surface area contributed by atoms with Crippen molar-refractivity contribution in [2.45, 2.75) is 16.7 Å². The van der Waals surface area contributed by atoms with Gasteiger partial charge >= 0.3 is 5.97 Å². The van der Waals surface area contributed by atoms with Crippen LogP contribution in [0.15, 0.2) is 53.7 Å². The third-order valence-electron chi connectivity index (χ3n) is 2.52. The molecule has 0 bridgehead atoms. The van der Waals surface area contributed by atoms with E-state index in [9.17, 15) is 14.3 Å². The Labute approximate surface area is 114 Å². The fourth-order valence-electron chi connectivity index (χ4n) is 1.60. The van der Waals surface area contributed by atoms with Gasteiger partial charge in [0.25, 0.3) is 0 Å². The van der Waals surface area contributed by atoms with E-state index in [0.29, 0.717) is 6.42 Å². The summed E-state index contributed by atoms with van der Waals surface area (Å²) in [6, 6.07) is 12.0. The third-order valence-corrected chi connectivity index (χ3v) is 3.69. The summed E-state index contributed by atoms with van der Waals surface area (Å²) in [6.45, 7) is 0. The van der Waals surface area contributed by atoms with Crippen molar-refractivity contribution < 1.29 is 14.3 Å². The second-order valence-corrected chi connectivity index (χ2v) is 5.12. The molecular weight excluding hydrogens is 265 g/mol. The van der Waals surface area contributed by atoms with Gasteiger partial charge in [0.1, 0.15) is 10.3 Å².